The SMILES string of the molecule is C[C@H](NC[C@H](C)c1ccsc1)c1ccc(S(N)(=O)=O)cc1. The molecule has 0 aliphatic heterocycles. The van der Waals surface area contributed by atoms with Crippen molar-refractivity contribution in [2.24, 2.45) is 5.14 Å². The lowest BCUT2D eigenvalue weighted by atomic mass is 10.0. The van der Waals surface area contributed by atoms with Crippen LogP contribution in [0.1, 0.15) is 36.9 Å². The van der Waals surface area contributed by atoms with Crippen LogP contribution in [-0.4, -0.2) is 15.0 Å². The minimum atomic E-state index is -3.62. The number of nitrogens with one attached hydrogen (secondary N) is 1. The molecule has 1 aromatic heterocycles. The summed E-state index contributed by atoms with van der Waals surface area (Å²) in [7, 11) is -3.62. The van der Waals surface area contributed by atoms with Crippen molar-refractivity contribution in [1.29, 1.82) is 0 Å². The number of rotatable bonds is 6. The van der Waals surface area contributed by atoms with Gasteiger partial charge in [-0.2, -0.15) is 11.3 Å². The summed E-state index contributed by atoms with van der Waals surface area (Å²) in [5.74, 6) is 0.447. The molecule has 0 spiro atoms. The van der Waals surface area contributed by atoms with E-state index in [2.05, 4.69) is 36.0 Å². The van der Waals surface area contributed by atoms with Crippen molar-refractivity contribution in [3.8, 4) is 0 Å². The van der Waals surface area contributed by atoms with Crippen molar-refractivity contribution in [2.45, 2.75) is 30.7 Å². The van der Waals surface area contributed by atoms with E-state index in [1.54, 1.807) is 35.6 Å². The van der Waals surface area contributed by atoms with E-state index >= 15 is 0 Å². The Balaban J connectivity index is 1.96. The molecule has 0 amide bonds. The summed E-state index contributed by atoms with van der Waals surface area (Å²) in [5.41, 5.74) is 2.38. The number of hydrogen-bond acceptors (Lipinski definition) is 4. The van der Waals surface area contributed by atoms with Gasteiger partial charge in [0.2, 0.25) is 10.0 Å². The molecule has 0 saturated carbocycles. The van der Waals surface area contributed by atoms with E-state index in [1.807, 2.05) is 0 Å². The van der Waals surface area contributed by atoms with Crippen molar-refractivity contribution in [3.63, 3.8) is 0 Å². The molecule has 0 radical (unpaired) electrons. The Morgan fingerprint density at radius 1 is 1.14 bits per heavy atom. The Kier molecular flexibility index (Phi) is 5.16. The number of primary sulfonamides is 1. The maximum Gasteiger partial charge on any atom is 0.238 e. The molecule has 4 nitrogen and oxygen atoms in total. The van der Waals surface area contributed by atoms with E-state index in [0.29, 0.717) is 5.92 Å². The van der Waals surface area contributed by atoms with Crippen LogP contribution in [0.15, 0.2) is 46.0 Å². The monoisotopic (exact) mass is 324 g/mol. The number of nitrogens with two attached hydrogens (primary N) is 1. The highest BCUT2D eigenvalue weighted by molar-refractivity contribution is 7.89. The van der Waals surface area contributed by atoms with Crippen LogP contribution in [0.3, 0.4) is 0 Å². The summed E-state index contributed by atoms with van der Waals surface area (Å²) < 4.78 is 22.4. The molecule has 0 fully saturated rings. The summed E-state index contributed by atoms with van der Waals surface area (Å²) in [5, 5.41) is 12.8. The van der Waals surface area contributed by atoms with Crippen molar-refractivity contribution in [1.82, 2.24) is 5.32 Å². The van der Waals surface area contributed by atoms with Crippen LogP contribution in [0.4, 0.5) is 0 Å². The smallest absolute Gasteiger partial charge is 0.238 e. The number of sulfonamides is 1. The Bertz CT molecular complexity index is 664. The molecule has 6 heteroatoms. The fourth-order valence-corrected chi connectivity index (χ4v) is 3.39. The largest absolute Gasteiger partial charge is 0.310 e. The van der Waals surface area contributed by atoms with E-state index in [4.69, 9.17) is 5.14 Å². The van der Waals surface area contributed by atoms with Crippen LogP contribution in [0.2, 0.25) is 0 Å². The zero-order valence-corrected chi connectivity index (χ0v) is 13.7. The van der Waals surface area contributed by atoms with Crippen LogP contribution < -0.4 is 10.5 Å². The van der Waals surface area contributed by atoms with Gasteiger partial charge < -0.3 is 5.32 Å². The second-order valence-corrected chi connectivity index (χ2v) is 7.54. The first-order valence-corrected chi connectivity index (χ1v) is 9.25. The van der Waals surface area contributed by atoms with Gasteiger partial charge in [-0.3, -0.25) is 0 Å². The van der Waals surface area contributed by atoms with Gasteiger partial charge in [-0.05, 0) is 52.9 Å². The Morgan fingerprint density at radius 3 is 2.33 bits per heavy atom. The van der Waals surface area contributed by atoms with E-state index in [9.17, 15) is 8.42 Å². The normalized spacial score (nSPS) is 14.8. The quantitative estimate of drug-likeness (QED) is 0.858. The lowest BCUT2D eigenvalue weighted by Crippen LogP contribution is -2.23. The molecule has 0 aliphatic rings. The standard InChI is InChI=1S/C15H20N2O2S2/c1-11(14-7-8-20-10-14)9-17-12(2)13-3-5-15(6-4-13)21(16,18)19/h3-8,10-12,17H,9H2,1-2H3,(H2,16,18,19)/t11-,12-/m0/s1. The molecular weight excluding hydrogens is 304 g/mol. The second-order valence-electron chi connectivity index (χ2n) is 5.20. The molecule has 3 N–H and O–H groups in total. The van der Waals surface area contributed by atoms with Gasteiger partial charge in [-0.25, -0.2) is 13.6 Å². The van der Waals surface area contributed by atoms with Gasteiger partial charge in [0, 0.05) is 12.6 Å². The van der Waals surface area contributed by atoms with Crippen molar-refractivity contribution < 1.29 is 8.42 Å². The van der Waals surface area contributed by atoms with Crippen LogP contribution in [-0.2, 0) is 10.0 Å². The Morgan fingerprint density at radius 2 is 1.81 bits per heavy atom. The summed E-state index contributed by atoms with van der Waals surface area (Å²) in [6, 6.07) is 8.98. The molecule has 2 atom stereocenters. The molecule has 1 aromatic carbocycles. The first kappa shape index (κ1) is 16.2. The molecule has 0 saturated heterocycles. The fourth-order valence-electron chi connectivity index (χ4n) is 2.09. The second kappa shape index (κ2) is 6.70. The summed E-state index contributed by atoms with van der Waals surface area (Å²) in [6.45, 7) is 5.12. The number of thiophene rings is 1. The maximum atomic E-state index is 11.2. The van der Waals surface area contributed by atoms with Crippen LogP contribution in [0.5, 0.6) is 0 Å². The van der Waals surface area contributed by atoms with Gasteiger partial charge in [0.1, 0.15) is 0 Å². The van der Waals surface area contributed by atoms with Gasteiger partial charge in [0.05, 0.1) is 4.90 Å². The number of benzene rings is 1. The highest BCUT2D eigenvalue weighted by Gasteiger charge is 2.11. The third kappa shape index (κ3) is 4.38. The van der Waals surface area contributed by atoms with E-state index in [-0.39, 0.29) is 10.9 Å². The lowest BCUT2D eigenvalue weighted by Gasteiger charge is -2.18. The molecule has 0 bridgehead atoms. The van der Waals surface area contributed by atoms with Gasteiger partial charge in [-0.15, -0.1) is 0 Å². The van der Waals surface area contributed by atoms with Gasteiger partial charge in [-0.1, -0.05) is 19.1 Å². The molecule has 21 heavy (non-hydrogen) atoms. The average molecular weight is 324 g/mol. The minimum Gasteiger partial charge on any atom is -0.310 e. The van der Waals surface area contributed by atoms with Crippen LogP contribution >= 0.6 is 11.3 Å². The minimum absolute atomic E-state index is 0.144. The third-order valence-electron chi connectivity index (χ3n) is 3.55. The Hall–Kier alpha value is -1.21. The summed E-state index contributed by atoms with van der Waals surface area (Å²) in [4.78, 5) is 0.144. The molecule has 2 rings (SSSR count). The first-order chi connectivity index (χ1) is 9.88. The van der Waals surface area contributed by atoms with E-state index in [0.717, 1.165) is 12.1 Å². The van der Waals surface area contributed by atoms with Crippen molar-refractivity contribution in [3.05, 3.63) is 52.2 Å². The zero-order valence-electron chi connectivity index (χ0n) is 12.1. The van der Waals surface area contributed by atoms with Crippen molar-refractivity contribution >= 4 is 21.4 Å². The van der Waals surface area contributed by atoms with Crippen molar-refractivity contribution in [2.75, 3.05) is 6.54 Å². The number of hydrogen-bond donors (Lipinski definition) is 2. The maximum absolute atomic E-state index is 11.2. The first-order valence-electron chi connectivity index (χ1n) is 6.76. The highest BCUT2D eigenvalue weighted by Crippen LogP contribution is 2.20. The van der Waals surface area contributed by atoms with Crippen LogP contribution in [0, 0.1) is 0 Å². The summed E-state index contributed by atoms with van der Waals surface area (Å²) in [6.07, 6.45) is 0. The fraction of sp³-hybridized carbons (Fsp3) is 0.333. The van der Waals surface area contributed by atoms with Gasteiger partial charge in [0.15, 0.2) is 0 Å². The molecule has 0 aliphatic carbocycles. The van der Waals surface area contributed by atoms with Crippen LogP contribution in [0.25, 0.3) is 0 Å². The molecule has 0 unspecified atom stereocenters. The van der Waals surface area contributed by atoms with E-state index < -0.39 is 10.0 Å². The average Bonchev–Trinajstić information content (AvgIpc) is 2.98. The van der Waals surface area contributed by atoms with Gasteiger partial charge in [0.25, 0.3) is 0 Å². The summed E-state index contributed by atoms with van der Waals surface area (Å²) >= 11 is 1.71. The molecule has 1 heterocycles. The molecule has 2 aromatic rings. The predicted molar refractivity (Wildman–Crippen MR) is 87.0 cm³/mol. The highest BCUT2D eigenvalue weighted by atomic mass is 32.2. The third-order valence-corrected chi connectivity index (χ3v) is 5.18. The predicted octanol–water partition coefficient (Wildman–Crippen LogP) is 2.85. The topological polar surface area (TPSA) is 72.2 Å². The lowest BCUT2D eigenvalue weighted by molar-refractivity contribution is 0.537. The Labute approximate surface area is 130 Å². The molecule has 114 valence electrons. The molecular formula is C15H20N2O2S2. The zero-order chi connectivity index (χ0) is 15.5. The van der Waals surface area contributed by atoms with E-state index in [1.165, 1.54) is 5.56 Å². The van der Waals surface area contributed by atoms with Gasteiger partial charge >= 0.3 is 0 Å².